The molecule has 4 heteroatoms. The van der Waals surface area contributed by atoms with E-state index in [2.05, 4.69) is 33.1 Å². The molecular formula is C13H19BrN2O. The summed E-state index contributed by atoms with van der Waals surface area (Å²) < 4.78 is 6.81. The zero-order chi connectivity index (χ0) is 12.1. The van der Waals surface area contributed by atoms with E-state index in [1.165, 1.54) is 0 Å². The molecule has 0 amide bonds. The first kappa shape index (κ1) is 12.9. The Morgan fingerprint density at radius 2 is 2.18 bits per heavy atom. The maximum absolute atomic E-state index is 5.73. The third-order valence-electron chi connectivity index (χ3n) is 3.10. The largest absolute Gasteiger partial charge is 0.492 e. The van der Waals surface area contributed by atoms with Crippen molar-refractivity contribution in [1.82, 2.24) is 10.2 Å². The average Bonchev–Trinajstić information content (AvgIpc) is 2.34. The number of rotatable bonds is 4. The Morgan fingerprint density at radius 1 is 1.41 bits per heavy atom. The maximum atomic E-state index is 5.73. The lowest BCUT2D eigenvalue weighted by molar-refractivity contribution is 0.143. The molecule has 1 aliphatic rings. The topological polar surface area (TPSA) is 24.5 Å². The number of hydrogen-bond acceptors (Lipinski definition) is 3. The van der Waals surface area contributed by atoms with Crippen molar-refractivity contribution in [3.63, 3.8) is 0 Å². The Kier molecular flexibility index (Phi) is 4.83. The van der Waals surface area contributed by atoms with Crippen LogP contribution in [0.4, 0.5) is 0 Å². The second-order valence-electron chi connectivity index (χ2n) is 4.39. The highest BCUT2D eigenvalue weighted by atomic mass is 79.9. The molecule has 3 nitrogen and oxygen atoms in total. The van der Waals surface area contributed by atoms with Crippen molar-refractivity contribution >= 4 is 15.9 Å². The predicted octanol–water partition coefficient (Wildman–Crippen LogP) is 2.12. The van der Waals surface area contributed by atoms with Crippen molar-refractivity contribution in [2.24, 2.45) is 0 Å². The van der Waals surface area contributed by atoms with E-state index in [0.717, 1.165) is 43.0 Å². The molecule has 1 saturated heterocycles. The lowest BCUT2D eigenvalue weighted by Crippen LogP contribution is -2.50. The fourth-order valence-electron chi connectivity index (χ4n) is 2.03. The molecule has 1 atom stereocenters. The highest BCUT2D eigenvalue weighted by Gasteiger charge is 2.16. The summed E-state index contributed by atoms with van der Waals surface area (Å²) in [5.41, 5.74) is 0. The normalized spacial score (nSPS) is 21.4. The van der Waals surface area contributed by atoms with Gasteiger partial charge in [0.1, 0.15) is 12.4 Å². The van der Waals surface area contributed by atoms with Gasteiger partial charge in [-0.1, -0.05) is 15.9 Å². The van der Waals surface area contributed by atoms with E-state index in [1.807, 2.05) is 24.3 Å². The minimum absolute atomic E-state index is 0.609. The molecule has 0 saturated carbocycles. The van der Waals surface area contributed by atoms with Gasteiger partial charge in [0.25, 0.3) is 0 Å². The van der Waals surface area contributed by atoms with E-state index in [-0.39, 0.29) is 0 Å². The molecule has 1 aliphatic heterocycles. The molecule has 2 rings (SSSR count). The molecule has 0 aromatic heterocycles. The van der Waals surface area contributed by atoms with E-state index < -0.39 is 0 Å². The first-order valence-corrected chi connectivity index (χ1v) is 6.88. The Bertz CT molecular complexity index is 342. The molecule has 1 N–H and O–H groups in total. The highest BCUT2D eigenvalue weighted by molar-refractivity contribution is 9.10. The van der Waals surface area contributed by atoms with Crippen LogP contribution in [0.25, 0.3) is 0 Å². The second-order valence-corrected chi connectivity index (χ2v) is 5.31. The number of benzene rings is 1. The van der Waals surface area contributed by atoms with Crippen LogP contribution in [-0.2, 0) is 0 Å². The van der Waals surface area contributed by atoms with Crippen molar-refractivity contribution in [3.05, 3.63) is 28.7 Å². The molecule has 0 spiro atoms. The van der Waals surface area contributed by atoms with Gasteiger partial charge >= 0.3 is 0 Å². The lowest BCUT2D eigenvalue weighted by Gasteiger charge is -2.33. The van der Waals surface area contributed by atoms with Crippen LogP contribution < -0.4 is 10.1 Å². The van der Waals surface area contributed by atoms with Crippen LogP contribution >= 0.6 is 15.9 Å². The molecule has 1 fully saturated rings. The molecule has 1 heterocycles. The molecule has 0 radical (unpaired) electrons. The van der Waals surface area contributed by atoms with Crippen LogP contribution in [-0.4, -0.2) is 43.7 Å². The minimum Gasteiger partial charge on any atom is -0.492 e. The summed E-state index contributed by atoms with van der Waals surface area (Å²) in [6, 6.07) is 8.60. The smallest absolute Gasteiger partial charge is 0.119 e. The van der Waals surface area contributed by atoms with E-state index in [9.17, 15) is 0 Å². The number of nitrogens with zero attached hydrogens (tertiary/aromatic N) is 1. The fourth-order valence-corrected chi connectivity index (χ4v) is 2.29. The van der Waals surface area contributed by atoms with Gasteiger partial charge in [0.2, 0.25) is 0 Å². The summed E-state index contributed by atoms with van der Waals surface area (Å²) in [5, 5.41) is 3.39. The van der Waals surface area contributed by atoms with Gasteiger partial charge in [-0.3, -0.25) is 4.90 Å². The van der Waals surface area contributed by atoms with Crippen LogP contribution in [0.1, 0.15) is 6.92 Å². The average molecular weight is 299 g/mol. The Morgan fingerprint density at radius 3 is 2.88 bits per heavy atom. The molecule has 94 valence electrons. The van der Waals surface area contributed by atoms with Crippen molar-refractivity contribution in [3.8, 4) is 5.75 Å². The van der Waals surface area contributed by atoms with Crippen LogP contribution in [0.15, 0.2) is 28.7 Å². The number of ether oxygens (including phenoxy) is 1. The van der Waals surface area contributed by atoms with Gasteiger partial charge in [-0.15, -0.1) is 0 Å². The fraction of sp³-hybridized carbons (Fsp3) is 0.538. The van der Waals surface area contributed by atoms with Gasteiger partial charge in [-0.2, -0.15) is 0 Å². The van der Waals surface area contributed by atoms with Crippen LogP contribution in [0.5, 0.6) is 5.75 Å². The summed E-state index contributed by atoms with van der Waals surface area (Å²) in [5.74, 6) is 0.941. The van der Waals surface area contributed by atoms with Crippen LogP contribution in [0, 0.1) is 0 Å². The Labute approximate surface area is 111 Å². The SMILES string of the molecule is C[C@H]1CNCCN1CCOc1ccc(Br)cc1. The monoisotopic (exact) mass is 298 g/mol. The minimum atomic E-state index is 0.609. The van der Waals surface area contributed by atoms with Crippen molar-refractivity contribution in [1.29, 1.82) is 0 Å². The first-order chi connectivity index (χ1) is 8.25. The van der Waals surface area contributed by atoms with E-state index in [1.54, 1.807) is 0 Å². The molecule has 0 bridgehead atoms. The molecule has 1 aromatic rings. The van der Waals surface area contributed by atoms with E-state index >= 15 is 0 Å². The molecule has 0 aliphatic carbocycles. The van der Waals surface area contributed by atoms with E-state index in [4.69, 9.17) is 4.74 Å². The summed E-state index contributed by atoms with van der Waals surface area (Å²) in [7, 11) is 0. The van der Waals surface area contributed by atoms with Crippen molar-refractivity contribution in [2.45, 2.75) is 13.0 Å². The van der Waals surface area contributed by atoms with Gasteiger partial charge in [0.05, 0.1) is 0 Å². The summed E-state index contributed by atoms with van der Waals surface area (Å²) >= 11 is 3.41. The number of piperazine rings is 1. The maximum Gasteiger partial charge on any atom is 0.119 e. The summed E-state index contributed by atoms with van der Waals surface area (Å²) in [6.07, 6.45) is 0. The molecular weight excluding hydrogens is 280 g/mol. The van der Waals surface area contributed by atoms with Crippen molar-refractivity contribution in [2.75, 3.05) is 32.8 Å². The number of hydrogen-bond donors (Lipinski definition) is 1. The molecule has 1 aromatic carbocycles. The van der Waals surface area contributed by atoms with Crippen molar-refractivity contribution < 1.29 is 4.74 Å². The van der Waals surface area contributed by atoms with E-state index in [0.29, 0.717) is 6.04 Å². The highest BCUT2D eigenvalue weighted by Crippen LogP contribution is 2.16. The van der Waals surface area contributed by atoms with Gasteiger partial charge < -0.3 is 10.1 Å². The Hall–Kier alpha value is -0.580. The summed E-state index contributed by atoms with van der Waals surface area (Å²) in [4.78, 5) is 2.47. The lowest BCUT2D eigenvalue weighted by atomic mass is 10.2. The number of halogens is 1. The second kappa shape index (κ2) is 6.38. The van der Waals surface area contributed by atoms with Gasteiger partial charge in [0, 0.05) is 36.7 Å². The third kappa shape index (κ3) is 3.98. The zero-order valence-corrected chi connectivity index (χ0v) is 11.7. The quantitative estimate of drug-likeness (QED) is 0.922. The van der Waals surface area contributed by atoms with Gasteiger partial charge in [-0.05, 0) is 31.2 Å². The Balaban J connectivity index is 1.73. The van der Waals surface area contributed by atoms with Crippen LogP contribution in [0.2, 0.25) is 0 Å². The molecule has 0 unspecified atom stereocenters. The standard InChI is InChI=1S/C13H19BrN2O/c1-11-10-15-6-7-16(11)8-9-17-13-4-2-12(14)3-5-13/h2-5,11,15H,6-10H2,1H3/t11-/m0/s1. The third-order valence-corrected chi connectivity index (χ3v) is 3.63. The zero-order valence-electron chi connectivity index (χ0n) is 10.2. The van der Waals surface area contributed by atoms with Gasteiger partial charge in [0.15, 0.2) is 0 Å². The number of nitrogens with one attached hydrogen (secondary N) is 1. The molecule has 17 heavy (non-hydrogen) atoms. The van der Waals surface area contributed by atoms with Gasteiger partial charge in [-0.25, -0.2) is 0 Å². The summed E-state index contributed by atoms with van der Waals surface area (Å²) in [6.45, 7) is 7.29. The van der Waals surface area contributed by atoms with Crippen LogP contribution in [0.3, 0.4) is 0 Å². The predicted molar refractivity (Wildman–Crippen MR) is 73.5 cm³/mol. The first-order valence-electron chi connectivity index (χ1n) is 6.09.